The molecule has 3 aromatic rings. The van der Waals surface area contributed by atoms with Crippen LogP contribution in [-0.2, 0) is 0 Å². The molecule has 0 spiro atoms. The smallest absolute Gasteiger partial charge is 0.323 e. The number of piperidine rings is 1. The molecule has 9 heteroatoms. The van der Waals surface area contributed by atoms with Crippen molar-refractivity contribution in [3.8, 4) is 10.7 Å². The van der Waals surface area contributed by atoms with Gasteiger partial charge in [-0.3, -0.25) is 5.32 Å². The van der Waals surface area contributed by atoms with Gasteiger partial charge in [-0.25, -0.2) is 14.8 Å². The lowest BCUT2D eigenvalue weighted by Crippen LogP contribution is -2.45. The van der Waals surface area contributed by atoms with E-state index in [-0.39, 0.29) is 6.03 Å². The maximum absolute atomic E-state index is 12.5. The zero-order valence-electron chi connectivity index (χ0n) is 15.3. The van der Waals surface area contributed by atoms with Gasteiger partial charge in [0.05, 0.1) is 5.52 Å². The zero-order valence-corrected chi connectivity index (χ0v) is 16.1. The quantitative estimate of drug-likeness (QED) is 0.722. The molecule has 4 rings (SSSR count). The van der Waals surface area contributed by atoms with Crippen LogP contribution in [0.1, 0.15) is 17.8 Å². The molecule has 1 aliphatic heterocycles. The Hall–Kier alpha value is -2.65. The monoisotopic (exact) mass is 383 g/mol. The molecule has 27 heavy (non-hydrogen) atoms. The molecule has 0 radical (unpaired) electrons. The Kier molecular flexibility index (Phi) is 4.95. The van der Waals surface area contributed by atoms with Gasteiger partial charge in [-0.05, 0) is 38.9 Å². The van der Waals surface area contributed by atoms with Gasteiger partial charge in [0.2, 0.25) is 0 Å². The number of rotatable bonds is 3. The topological polar surface area (TPSA) is 95.9 Å². The predicted octanol–water partition coefficient (Wildman–Crippen LogP) is 2.67. The molecule has 1 aliphatic rings. The van der Waals surface area contributed by atoms with Gasteiger partial charge in [-0.2, -0.15) is 0 Å². The molecule has 0 aliphatic carbocycles. The van der Waals surface area contributed by atoms with Gasteiger partial charge < -0.3 is 10.2 Å². The SMILES string of the molecule is CNC1CCN(C(=O)Nc2cc3nc(-c4nnc(C)s4)ccc3cn2)CC1. The standard InChI is InChI=1S/C18H21N7OS/c1-11-23-24-17(27-11)14-4-3-12-10-20-16(9-15(12)21-14)22-18(26)25-7-5-13(19-2)6-8-25/h3-4,9-10,13,19H,5-8H2,1-2H3,(H,20,22,26). The number of pyridine rings is 2. The number of aryl methyl sites for hydroxylation is 1. The molecule has 0 bridgehead atoms. The molecule has 1 fully saturated rings. The lowest BCUT2D eigenvalue weighted by atomic mass is 10.1. The summed E-state index contributed by atoms with van der Waals surface area (Å²) in [6.07, 6.45) is 3.64. The van der Waals surface area contributed by atoms with Crippen molar-refractivity contribution in [3.05, 3.63) is 29.4 Å². The lowest BCUT2D eigenvalue weighted by Gasteiger charge is -2.31. The lowest BCUT2D eigenvalue weighted by molar-refractivity contribution is 0.190. The Labute approximate surface area is 161 Å². The zero-order chi connectivity index (χ0) is 18.8. The number of nitrogens with one attached hydrogen (secondary N) is 2. The maximum Gasteiger partial charge on any atom is 0.323 e. The fraction of sp³-hybridized carbons (Fsp3) is 0.389. The fourth-order valence-corrected chi connectivity index (χ4v) is 3.83. The second-order valence-electron chi connectivity index (χ2n) is 6.57. The average molecular weight is 383 g/mol. The minimum Gasteiger partial charge on any atom is -0.324 e. The highest BCUT2D eigenvalue weighted by Crippen LogP contribution is 2.24. The third-order valence-corrected chi connectivity index (χ3v) is 5.61. The van der Waals surface area contributed by atoms with Crippen molar-refractivity contribution in [2.24, 2.45) is 0 Å². The minimum atomic E-state index is -0.118. The van der Waals surface area contributed by atoms with E-state index in [1.54, 1.807) is 12.3 Å². The number of urea groups is 1. The summed E-state index contributed by atoms with van der Waals surface area (Å²) in [5.41, 5.74) is 1.53. The maximum atomic E-state index is 12.5. The largest absolute Gasteiger partial charge is 0.324 e. The van der Waals surface area contributed by atoms with E-state index in [0.29, 0.717) is 11.9 Å². The predicted molar refractivity (Wildman–Crippen MR) is 106 cm³/mol. The van der Waals surface area contributed by atoms with Gasteiger partial charge in [-0.15, -0.1) is 10.2 Å². The van der Waals surface area contributed by atoms with Gasteiger partial charge in [0, 0.05) is 36.8 Å². The van der Waals surface area contributed by atoms with E-state index in [4.69, 9.17) is 0 Å². The molecule has 4 heterocycles. The summed E-state index contributed by atoms with van der Waals surface area (Å²) in [6, 6.07) is 6.03. The van der Waals surface area contributed by atoms with Crippen molar-refractivity contribution in [3.63, 3.8) is 0 Å². The van der Waals surface area contributed by atoms with Crippen LogP contribution in [0.2, 0.25) is 0 Å². The summed E-state index contributed by atoms with van der Waals surface area (Å²) in [5, 5.41) is 16.9. The van der Waals surface area contributed by atoms with E-state index < -0.39 is 0 Å². The fourth-order valence-electron chi connectivity index (χ4n) is 3.16. The number of anilines is 1. The summed E-state index contributed by atoms with van der Waals surface area (Å²) in [4.78, 5) is 23.3. The number of amides is 2. The van der Waals surface area contributed by atoms with Crippen molar-refractivity contribution < 1.29 is 4.79 Å². The summed E-state index contributed by atoms with van der Waals surface area (Å²) in [6.45, 7) is 3.40. The normalized spacial score (nSPS) is 15.3. The molecule has 2 amide bonds. The first-order valence-electron chi connectivity index (χ1n) is 8.93. The average Bonchev–Trinajstić information content (AvgIpc) is 3.14. The Morgan fingerprint density at radius 2 is 2.07 bits per heavy atom. The number of nitrogens with zero attached hydrogens (tertiary/aromatic N) is 5. The molecule has 3 aromatic heterocycles. The van der Waals surface area contributed by atoms with Crippen LogP contribution in [0.4, 0.5) is 10.6 Å². The van der Waals surface area contributed by atoms with Crippen LogP contribution in [0.25, 0.3) is 21.6 Å². The third kappa shape index (κ3) is 3.88. The molecular weight excluding hydrogens is 362 g/mol. The van der Waals surface area contributed by atoms with Gasteiger partial charge in [0.15, 0.2) is 5.01 Å². The van der Waals surface area contributed by atoms with Crippen LogP contribution in [0.5, 0.6) is 0 Å². The minimum absolute atomic E-state index is 0.118. The second-order valence-corrected chi connectivity index (χ2v) is 7.75. The number of aromatic nitrogens is 4. The number of carbonyl (C=O) groups excluding carboxylic acids is 1. The van der Waals surface area contributed by atoms with Crippen molar-refractivity contribution in [2.45, 2.75) is 25.8 Å². The van der Waals surface area contributed by atoms with E-state index in [2.05, 4.69) is 30.8 Å². The Morgan fingerprint density at radius 1 is 1.26 bits per heavy atom. The molecule has 0 unspecified atom stereocenters. The van der Waals surface area contributed by atoms with Crippen molar-refractivity contribution in [1.29, 1.82) is 0 Å². The first-order chi connectivity index (χ1) is 13.1. The summed E-state index contributed by atoms with van der Waals surface area (Å²) >= 11 is 1.50. The van der Waals surface area contributed by atoms with Crippen molar-refractivity contribution >= 4 is 34.1 Å². The summed E-state index contributed by atoms with van der Waals surface area (Å²) in [7, 11) is 1.96. The van der Waals surface area contributed by atoms with Crippen molar-refractivity contribution in [2.75, 3.05) is 25.5 Å². The molecule has 0 aromatic carbocycles. The first-order valence-corrected chi connectivity index (χ1v) is 9.74. The molecule has 0 saturated carbocycles. The molecule has 0 atom stereocenters. The number of carbonyl (C=O) groups is 1. The van der Waals surface area contributed by atoms with E-state index in [1.807, 2.05) is 31.0 Å². The Balaban J connectivity index is 1.51. The summed E-state index contributed by atoms with van der Waals surface area (Å²) in [5.74, 6) is 0.501. The van der Waals surface area contributed by atoms with E-state index in [1.165, 1.54) is 11.3 Å². The molecular formula is C18H21N7OS. The summed E-state index contributed by atoms with van der Waals surface area (Å²) < 4.78 is 0. The number of fused-ring (bicyclic) bond motifs is 1. The number of likely N-dealkylation sites (tertiary alicyclic amines) is 1. The second kappa shape index (κ2) is 7.53. The van der Waals surface area contributed by atoms with Crippen LogP contribution in [0.15, 0.2) is 24.4 Å². The number of hydrogen-bond donors (Lipinski definition) is 2. The van der Waals surface area contributed by atoms with Crippen molar-refractivity contribution in [1.82, 2.24) is 30.4 Å². The Morgan fingerprint density at radius 3 is 2.78 bits per heavy atom. The highest BCUT2D eigenvalue weighted by atomic mass is 32.1. The Bertz CT molecular complexity index is 965. The highest BCUT2D eigenvalue weighted by molar-refractivity contribution is 7.14. The molecule has 2 N–H and O–H groups in total. The molecule has 1 saturated heterocycles. The van der Waals surface area contributed by atoms with Crippen LogP contribution in [0.3, 0.4) is 0 Å². The number of hydrogen-bond acceptors (Lipinski definition) is 7. The third-order valence-electron chi connectivity index (χ3n) is 4.74. The van der Waals surface area contributed by atoms with E-state index in [0.717, 1.165) is 52.5 Å². The van der Waals surface area contributed by atoms with Crippen LogP contribution in [0, 0.1) is 6.92 Å². The first kappa shape index (κ1) is 17.7. The van der Waals surface area contributed by atoms with Crippen LogP contribution in [-0.4, -0.2) is 57.3 Å². The van der Waals surface area contributed by atoms with Crippen LogP contribution < -0.4 is 10.6 Å². The van der Waals surface area contributed by atoms with Gasteiger partial charge >= 0.3 is 6.03 Å². The van der Waals surface area contributed by atoms with Gasteiger partial charge in [0.25, 0.3) is 0 Å². The molecule has 8 nitrogen and oxygen atoms in total. The van der Waals surface area contributed by atoms with E-state index >= 15 is 0 Å². The highest BCUT2D eigenvalue weighted by Gasteiger charge is 2.22. The van der Waals surface area contributed by atoms with Gasteiger partial charge in [0.1, 0.15) is 16.5 Å². The van der Waals surface area contributed by atoms with Gasteiger partial charge in [-0.1, -0.05) is 11.3 Å². The van der Waals surface area contributed by atoms with Crippen LogP contribution >= 0.6 is 11.3 Å². The molecule has 140 valence electrons. The van der Waals surface area contributed by atoms with E-state index in [9.17, 15) is 4.79 Å².